The summed E-state index contributed by atoms with van der Waals surface area (Å²) in [6.45, 7) is 3.75. The van der Waals surface area contributed by atoms with Gasteiger partial charge in [0.25, 0.3) is 0 Å². The van der Waals surface area contributed by atoms with Crippen LogP contribution < -0.4 is 4.74 Å². The molecule has 0 radical (unpaired) electrons. The van der Waals surface area contributed by atoms with Gasteiger partial charge in [0.2, 0.25) is 21.6 Å². The van der Waals surface area contributed by atoms with Crippen molar-refractivity contribution in [3.05, 3.63) is 41.8 Å². The Kier molecular flexibility index (Phi) is 6.68. The molecule has 0 unspecified atom stereocenters. The van der Waals surface area contributed by atoms with Gasteiger partial charge in [0.1, 0.15) is 5.75 Å². The number of hydrogen-bond donors (Lipinski definition) is 0. The van der Waals surface area contributed by atoms with Crippen LogP contribution >= 0.6 is 0 Å². The molecule has 1 amide bonds. The lowest BCUT2D eigenvalue weighted by atomic mass is 9.97. The third-order valence-electron chi connectivity index (χ3n) is 4.68. The summed E-state index contributed by atoms with van der Waals surface area (Å²) in [5.74, 6) is 0.954. The normalized spacial score (nSPS) is 15.7. The molecule has 2 heterocycles. The van der Waals surface area contributed by atoms with Crippen molar-refractivity contribution in [3.63, 3.8) is 0 Å². The summed E-state index contributed by atoms with van der Waals surface area (Å²) >= 11 is 0. The zero-order valence-electron chi connectivity index (χ0n) is 16.6. The van der Waals surface area contributed by atoms with Crippen LogP contribution in [0.3, 0.4) is 0 Å². The van der Waals surface area contributed by atoms with Crippen LogP contribution in [0.15, 0.2) is 40.0 Å². The number of piperidine rings is 1. The second-order valence-corrected chi connectivity index (χ2v) is 8.89. The molecule has 1 aromatic carbocycles. The quantitative estimate of drug-likeness (QED) is 0.636. The summed E-state index contributed by atoms with van der Waals surface area (Å²) in [4.78, 5) is 14.3. The molecule has 29 heavy (non-hydrogen) atoms. The van der Waals surface area contributed by atoms with Crippen LogP contribution in [-0.4, -0.2) is 55.4 Å². The molecule has 0 atom stereocenters. The number of hydrogen-bond acceptors (Lipinski definition) is 7. The van der Waals surface area contributed by atoms with Crippen LogP contribution in [0.25, 0.3) is 6.08 Å². The van der Waals surface area contributed by atoms with E-state index in [0.717, 1.165) is 24.0 Å². The Labute approximate surface area is 170 Å². The molecule has 8 nitrogen and oxygen atoms in total. The fraction of sp³-hybridized carbons (Fsp3) is 0.450. The highest BCUT2D eigenvalue weighted by atomic mass is 32.2. The number of nitrogens with zero attached hydrogens (tertiary/aromatic N) is 3. The molecule has 2 aromatic rings. The third-order valence-corrected chi connectivity index (χ3v) is 5.48. The molecule has 3 rings (SSSR count). The molecule has 0 spiro atoms. The standard InChI is InChI=1S/C20H25N3O5S/c1-3-14-27-17-7-5-4-6-15(17)8-9-18(24)23-12-10-16(11-13-23)19-21-22-20(28-19)29(2,25)26/h4-9,16H,3,10-14H2,1-2H3/b9-8+. The van der Waals surface area contributed by atoms with Gasteiger partial charge in [-0.05, 0) is 31.4 Å². The Hall–Kier alpha value is -2.68. The van der Waals surface area contributed by atoms with Crippen molar-refractivity contribution in [2.75, 3.05) is 26.0 Å². The summed E-state index contributed by atoms with van der Waals surface area (Å²) in [6.07, 6.45) is 6.56. The molecule has 1 saturated heterocycles. The van der Waals surface area contributed by atoms with Gasteiger partial charge in [-0.1, -0.05) is 30.2 Å². The fourth-order valence-electron chi connectivity index (χ4n) is 3.11. The Morgan fingerprint density at radius 2 is 2.00 bits per heavy atom. The minimum Gasteiger partial charge on any atom is -0.493 e. The number of carbonyl (C=O) groups is 1. The van der Waals surface area contributed by atoms with E-state index < -0.39 is 9.84 Å². The molecule has 1 aliphatic heterocycles. The van der Waals surface area contributed by atoms with E-state index in [0.29, 0.717) is 38.4 Å². The lowest BCUT2D eigenvalue weighted by molar-refractivity contribution is -0.127. The molecular weight excluding hydrogens is 394 g/mol. The first kappa shape index (κ1) is 21.0. The van der Waals surface area contributed by atoms with E-state index in [9.17, 15) is 13.2 Å². The van der Waals surface area contributed by atoms with Crippen LogP contribution in [0.5, 0.6) is 5.75 Å². The first-order valence-electron chi connectivity index (χ1n) is 9.60. The predicted octanol–water partition coefficient (Wildman–Crippen LogP) is 2.68. The van der Waals surface area contributed by atoms with Gasteiger partial charge in [-0.15, -0.1) is 5.10 Å². The molecule has 9 heteroatoms. The lowest BCUT2D eigenvalue weighted by Crippen LogP contribution is -2.36. The predicted molar refractivity (Wildman–Crippen MR) is 107 cm³/mol. The van der Waals surface area contributed by atoms with E-state index in [1.165, 1.54) is 0 Å². The van der Waals surface area contributed by atoms with Crippen molar-refractivity contribution < 1.29 is 22.4 Å². The highest BCUT2D eigenvalue weighted by molar-refractivity contribution is 7.90. The van der Waals surface area contributed by atoms with Gasteiger partial charge < -0.3 is 14.1 Å². The highest BCUT2D eigenvalue weighted by Crippen LogP contribution is 2.28. The SMILES string of the molecule is CCCOc1ccccc1/C=C/C(=O)N1CCC(c2nnc(S(C)(=O)=O)o2)CC1. The van der Waals surface area contributed by atoms with E-state index in [2.05, 4.69) is 10.2 Å². The topological polar surface area (TPSA) is 103 Å². The first-order valence-corrected chi connectivity index (χ1v) is 11.5. The monoisotopic (exact) mass is 419 g/mol. The first-order chi connectivity index (χ1) is 13.9. The largest absolute Gasteiger partial charge is 0.493 e. The van der Waals surface area contributed by atoms with Crippen LogP contribution in [0.4, 0.5) is 0 Å². The molecule has 1 aromatic heterocycles. The number of para-hydroxylation sites is 1. The van der Waals surface area contributed by atoms with Crippen molar-refractivity contribution in [1.29, 1.82) is 0 Å². The van der Waals surface area contributed by atoms with Crippen LogP contribution in [0.1, 0.15) is 43.6 Å². The number of benzene rings is 1. The van der Waals surface area contributed by atoms with E-state index in [1.54, 1.807) is 17.1 Å². The lowest BCUT2D eigenvalue weighted by Gasteiger charge is -2.29. The number of amides is 1. The summed E-state index contributed by atoms with van der Waals surface area (Å²) in [7, 11) is -3.51. The zero-order valence-corrected chi connectivity index (χ0v) is 17.4. The molecule has 1 fully saturated rings. The van der Waals surface area contributed by atoms with Crippen LogP contribution in [-0.2, 0) is 14.6 Å². The van der Waals surface area contributed by atoms with Crippen molar-refractivity contribution >= 4 is 21.8 Å². The minimum atomic E-state index is -3.51. The number of sulfone groups is 1. The van der Waals surface area contributed by atoms with Crippen molar-refractivity contribution in [3.8, 4) is 5.75 Å². The Morgan fingerprint density at radius 1 is 1.28 bits per heavy atom. The second-order valence-electron chi connectivity index (χ2n) is 7.00. The number of rotatable bonds is 7. The van der Waals surface area contributed by atoms with E-state index in [-0.39, 0.29) is 17.0 Å². The van der Waals surface area contributed by atoms with E-state index in [1.807, 2.05) is 31.2 Å². The smallest absolute Gasteiger partial charge is 0.335 e. The van der Waals surface area contributed by atoms with Gasteiger partial charge in [-0.2, -0.15) is 0 Å². The summed E-state index contributed by atoms with van der Waals surface area (Å²) in [5, 5.41) is 7.10. The molecule has 1 aliphatic rings. The third kappa shape index (κ3) is 5.44. The van der Waals surface area contributed by atoms with Crippen molar-refractivity contribution in [2.24, 2.45) is 0 Å². The van der Waals surface area contributed by atoms with Gasteiger partial charge in [0.05, 0.1) is 6.61 Å². The van der Waals surface area contributed by atoms with Gasteiger partial charge in [0, 0.05) is 36.9 Å². The molecule has 0 bridgehead atoms. The van der Waals surface area contributed by atoms with E-state index >= 15 is 0 Å². The van der Waals surface area contributed by atoms with Crippen molar-refractivity contribution in [2.45, 2.75) is 37.3 Å². The van der Waals surface area contributed by atoms with Crippen molar-refractivity contribution in [1.82, 2.24) is 15.1 Å². The minimum absolute atomic E-state index is 0.0470. The fourth-order valence-corrected chi connectivity index (χ4v) is 3.54. The van der Waals surface area contributed by atoms with Gasteiger partial charge in [0.15, 0.2) is 0 Å². The van der Waals surface area contributed by atoms with Gasteiger partial charge in [-0.25, -0.2) is 8.42 Å². The Morgan fingerprint density at radius 3 is 2.66 bits per heavy atom. The van der Waals surface area contributed by atoms with Crippen LogP contribution in [0.2, 0.25) is 0 Å². The maximum Gasteiger partial charge on any atom is 0.335 e. The number of likely N-dealkylation sites (tertiary alicyclic amines) is 1. The molecule has 0 saturated carbocycles. The number of ether oxygens (including phenoxy) is 1. The number of aromatic nitrogens is 2. The van der Waals surface area contributed by atoms with Crippen LogP contribution in [0, 0.1) is 0 Å². The van der Waals surface area contributed by atoms with Gasteiger partial charge >= 0.3 is 5.22 Å². The average molecular weight is 420 g/mol. The summed E-state index contributed by atoms with van der Waals surface area (Å²) < 4.78 is 34.0. The van der Waals surface area contributed by atoms with E-state index in [4.69, 9.17) is 9.15 Å². The van der Waals surface area contributed by atoms with Gasteiger partial charge in [-0.3, -0.25) is 4.79 Å². The maximum atomic E-state index is 12.5. The second kappa shape index (κ2) is 9.21. The molecular formula is C20H25N3O5S. The highest BCUT2D eigenvalue weighted by Gasteiger charge is 2.28. The molecule has 0 N–H and O–H groups in total. The maximum absolute atomic E-state index is 12.5. The molecule has 0 aliphatic carbocycles. The summed E-state index contributed by atoms with van der Waals surface area (Å²) in [6, 6.07) is 7.61. The zero-order chi connectivity index (χ0) is 20.9. The summed E-state index contributed by atoms with van der Waals surface area (Å²) in [5.41, 5.74) is 0.864. The average Bonchev–Trinajstić information content (AvgIpc) is 3.22. The number of carbonyl (C=O) groups excluding carboxylic acids is 1. The molecule has 156 valence electrons. The Balaban J connectivity index is 1.58. The Bertz CT molecular complexity index is 976.